The molecule has 0 spiro atoms. The summed E-state index contributed by atoms with van der Waals surface area (Å²) in [5.74, 6) is 3.19. The van der Waals surface area contributed by atoms with E-state index in [9.17, 15) is 9.59 Å². The van der Waals surface area contributed by atoms with Crippen LogP contribution in [-0.4, -0.2) is 22.6 Å². The van der Waals surface area contributed by atoms with E-state index in [1.165, 1.54) is 6.42 Å². The Morgan fingerprint density at radius 3 is 2.35 bits per heavy atom. The lowest BCUT2D eigenvalue weighted by atomic mass is 10.1. The van der Waals surface area contributed by atoms with Crippen molar-refractivity contribution in [3.8, 4) is 11.3 Å². The Morgan fingerprint density at radius 2 is 1.88 bits per heavy atom. The molecule has 2 aromatic rings. The Morgan fingerprint density at radius 1 is 1.27 bits per heavy atom. The molecule has 0 fully saturated rings. The minimum absolute atomic E-state index is 0.0411. The van der Waals surface area contributed by atoms with Gasteiger partial charge in [-0.3, -0.25) is 4.79 Å². The van der Waals surface area contributed by atoms with Crippen molar-refractivity contribution in [1.29, 1.82) is 0 Å². The predicted octanol–water partition coefficient (Wildman–Crippen LogP) is 4.43. The average molecular weight is 384 g/mol. The molecule has 0 aliphatic carbocycles. The highest BCUT2D eigenvalue weighted by Gasteiger charge is 2.19. The number of carbonyl (C=O) groups excluding carboxylic acids is 1. The molecule has 0 bridgehead atoms. The van der Waals surface area contributed by atoms with Crippen LogP contribution < -0.4 is 5.90 Å². The van der Waals surface area contributed by atoms with E-state index < -0.39 is 11.9 Å². The third kappa shape index (κ3) is 8.80. The number of aldehydes is 1. The number of hydrogen-bond donors (Lipinski definition) is 3. The SMILES string of the molecule is CCC(C)C.NO.O=CC(Cc1ccc(-c2cccc(Cl)c2)o1)C(=O)O. The van der Waals surface area contributed by atoms with Crippen molar-refractivity contribution in [3.05, 3.63) is 47.2 Å². The fourth-order valence-corrected chi connectivity index (χ4v) is 1.89. The first-order valence-corrected chi connectivity index (χ1v) is 8.53. The van der Waals surface area contributed by atoms with Crippen molar-refractivity contribution in [2.24, 2.45) is 17.7 Å². The van der Waals surface area contributed by atoms with Gasteiger partial charge in [0.05, 0.1) is 0 Å². The molecular weight excluding hydrogens is 358 g/mol. The molecule has 2 rings (SSSR count). The minimum Gasteiger partial charge on any atom is -0.481 e. The molecule has 6 nitrogen and oxygen atoms in total. The normalized spacial score (nSPS) is 10.9. The van der Waals surface area contributed by atoms with Gasteiger partial charge in [-0.25, -0.2) is 5.90 Å². The van der Waals surface area contributed by atoms with Crippen LogP contribution in [0.1, 0.15) is 33.0 Å². The van der Waals surface area contributed by atoms with E-state index in [-0.39, 0.29) is 6.42 Å². The van der Waals surface area contributed by atoms with Crippen molar-refractivity contribution in [3.63, 3.8) is 0 Å². The molecule has 0 radical (unpaired) electrons. The van der Waals surface area contributed by atoms with Gasteiger partial charge in [-0.05, 0) is 30.2 Å². The second kappa shape index (κ2) is 13.1. The molecule has 0 aliphatic heterocycles. The van der Waals surface area contributed by atoms with Crippen molar-refractivity contribution < 1.29 is 24.3 Å². The summed E-state index contributed by atoms with van der Waals surface area (Å²) in [5.41, 5.74) is 0.803. The second-order valence-corrected chi connectivity index (χ2v) is 6.30. The Balaban J connectivity index is 0.000000772. The standard InChI is InChI=1S/C14H11ClO4.C5H12.H3NO/c15-11-3-1-2-9(6-11)13-5-4-12(19-13)7-10(8-16)14(17)18;1-4-5(2)3;1-2/h1-6,8,10H,7H2,(H,17,18);5H,4H2,1-3H3;2H,1H2. The lowest BCUT2D eigenvalue weighted by Gasteiger charge is -2.02. The number of aliphatic carboxylic acids is 1. The van der Waals surface area contributed by atoms with Gasteiger partial charge in [0, 0.05) is 17.0 Å². The number of nitrogens with two attached hydrogens (primary N) is 1. The van der Waals surface area contributed by atoms with Crippen LogP contribution in [-0.2, 0) is 16.0 Å². The molecule has 0 amide bonds. The van der Waals surface area contributed by atoms with Crippen LogP contribution >= 0.6 is 11.6 Å². The molecule has 1 atom stereocenters. The zero-order valence-corrected chi connectivity index (χ0v) is 15.9. The molecule has 1 heterocycles. The van der Waals surface area contributed by atoms with Crippen molar-refractivity contribution in [2.75, 3.05) is 0 Å². The third-order valence-corrected chi connectivity index (χ3v) is 3.72. The summed E-state index contributed by atoms with van der Waals surface area (Å²) in [7, 11) is 0. The van der Waals surface area contributed by atoms with Crippen LogP contribution in [0, 0.1) is 11.8 Å². The number of carboxylic acid groups (broad SMARTS) is 1. The minimum atomic E-state index is -1.16. The maximum atomic E-state index is 10.8. The molecule has 1 aromatic carbocycles. The van der Waals surface area contributed by atoms with E-state index in [0.717, 1.165) is 11.5 Å². The number of hydrogen-bond acceptors (Lipinski definition) is 5. The quantitative estimate of drug-likeness (QED) is 0.386. The maximum absolute atomic E-state index is 10.8. The van der Waals surface area contributed by atoms with E-state index in [1.807, 2.05) is 6.07 Å². The Bertz CT molecular complexity index is 669. The van der Waals surface area contributed by atoms with Crippen LogP contribution in [0.4, 0.5) is 0 Å². The zero-order chi connectivity index (χ0) is 20.1. The molecule has 0 saturated carbocycles. The van der Waals surface area contributed by atoms with Gasteiger partial charge in [-0.15, -0.1) is 0 Å². The van der Waals surface area contributed by atoms with E-state index in [4.69, 9.17) is 26.3 Å². The summed E-state index contributed by atoms with van der Waals surface area (Å²) < 4.78 is 5.53. The van der Waals surface area contributed by atoms with E-state index in [0.29, 0.717) is 22.8 Å². The summed E-state index contributed by atoms with van der Waals surface area (Å²) >= 11 is 5.88. The molecular formula is C19H26ClNO5. The zero-order valence-electron chi connectivity index (χ0n) is 15.2. The summed E-state index contributed by atoms with van der Waals surface area (Å²) in [6.07, 6.45) is 1.75. The van der Waals surface area contributed by atoms with E-state index in [1.54, 1.807) is 30.3 Å². The average Bonchev–Trinajstić information content (AvgIpc) is 3.10. The van der Waals surface area contributed by atoms with Gasteiger partial charge in [0.1, 0.15) is 23.7 Å². The smallest absolute Gasteiger partial charge is 0.314 e. The van der Waals surface area contributed by atoms with Gasteiger partial charge in [0.2, 0.25) is 0 Å². The number of carbonyl (C=O) groups is 2. The first kappa shape index (κ1) is 23.9. The largest absolute Gasteiger partial charge is 0.481 e. The highest BCUT2D eigenvalue weighted by molar-refractivity contribution is 6.30. The molecule has 4 N–H and O–H groups in total. The summed E-state index contributed by atoms with van der Waals surface area (Å²) in [6, 6.07) is 10.5. The topological polar surface area (TPSA) is 114 Å². The third-order valence-electron chi connectivity index (χ3n) is 3.49. The number of benzene rings is 1. The van der Waals surface area contributed by atoms with Crippen LogP contribution in [0.3, 0.4) is 0 Å². The van der Waals surface area contributed by atoms with Gasteiger partial charge in [0.25, 0.3) is 0 Å². The number of halogens is 1. The Kier molecular flexibility index (Phi) is 12.0. The molecule has 0 aliphatic rings. The monoisotopic (exact) mass is 383 g/mol. The fraction of sp³-hybridized carbons (Fsp3) is 0.368. The molecule has 26 heavy (non-hydrogen) atoms. The molecule has 0 saturated heterocycles. The van der Waals surface area contributed by atoms with Gasteiger partial charge < -0.3 is 19.5 Å². The van der Waals surface area contributed by atoms with Crippen LogP contribution in [0.15, 0.2) is 40.8 Å². The second-order valence-electron chi connectivity index (χ2n) is 5.86. The predicted molar refractivity (Wildman–Crippen MR) is 101 cm³/mol. The molecule has 1 unspecified atom stereocenters. The lowest BCUT2D eigenvalue weighted by Crippen LogP contribution is -2.17. The molecule has 144 valence electrons. The Labute approximate surface area is 158 Å². The van der Waals surface area contributed by atoms with Crippen molar-refractivity contribution in [1.82, 2.24) is 0 Å². The van der Waals surface area contributed by atoms with E-state index >= 15 is 0 Å². The van der Waals surface area contributed by atoms with Crippen molar-refractivity contribution in [2.45, 2.75) is 33.6 Å². The fourth-order valence-electron chi connectivity index (χ4n) is 1.69. The summed E-state index contributed by atoms with van der Waals surface area (Å²) in [5, 5.41) is 15.9. The Hall–Kier alpha value is -2.15. The number of rotatable bonds is 6. The van der Waals surface area contributed by atoms with Gasteiger partial charge in [-0.1, -0.05) is 50.9 Å². The van der Waals surface area contributed by atoms with Crippen LogP contribution in [0.5, 0.6) is 0 Å². The van der Waals surface area contributed by atoms with Crippen LogP contribution in [0.25, 0.3) is 11.3 Å². The number of furan rings is 1. The van der Waals surface area contributed by atoms with Gasteiger partial charge in [-0.2, -0.15) is 0 Å². The summed E-state index contributed by atoms with van der Waals surface area (Å²) in [6.45, 7) is 6.64. The van der Waals surface area contributed by atoms with Gasteiger partial charge in [0.15, 0.2) is 0 Å². The first-order chi connectivity index (χ1) is 12.4. The highest BCUT2D eigenvalue weighted by Crippen LogP contribution is 2.25. The molecule has 7 heteroatoms. The van der Waals surface area contributed by atoms with E-state index in [2.05, 4.69) is 26.7 Å². The first-order valence-electron chi connectivity index (χ1n) is 8.15. The lowest BCUT2D eigenvalue weighted by molar-refractivity contribution is -0.143. The van der Waals surface area contributed by atoms with Crippen molar-refractivity contribution >= 4 is 23.9 Å². The summed E-state index contributed by atoms with van der Waals surface area (Å²) in [4.78, 5) is 21.4. The highest BCUT2D eigenvalue weighted by atomic mass is 35.5. The van der Waals surface area contributed by atoms with Gasteiger partial charge >= 0.3 is 5.97 Å². The molecule has 1 aromatic heterocycles. The number of carboxylic acids is 1. The maximum Gasteiger partial charge on any atom is 0.314 e. The van der Waals surface area contributed by atoms with Crippen LogP contribution in [0.2, 0.25) is 5.02 Å².